The Bertz CT molecular complexity index is 185. The molecule has 0 aliphatic carbocycles. The van der Waals surface area contributed by atoms with Crippen molar-refractivity contribution in [1.82, 2.24) is 0 Å². The van der Waals surface area contributed by atoms with E-state index in [0.717, 1.165) is 0 Å². The summed E-state index contributed by atoms with van der Waals surface area (Å²) in [6, 6.07) is 0. The smallest absolute Gasteiger partial charge is 0.323 e. The third-order valence-corrected chi connectivity index (χ3v) is 1.28. The van der Waals surface area contributed by atoms with Crippen LogP contribution in [0, 0.1) is 5.92 Å². The molecule has 0 spiro atoms. The largest absolute Gasteiger partial charge is 0.465 e. The number of hydrogen-bond donors (Lipinski definition) is 0. The number of hydrogen-bond acceptors (Lipinski definition) is 4. The van der Waals surface area contributed by atoms with Crippen molar-refractivity contribution in [2.45, 2.75) is 20.3 Å². The van der Waals surface area contributed by atoms with Crippen LogP contribution in [0.5, 0.6) is 0 Å². The number of carbonyl (C=O) groups excluding carboxylic acids is 3. The minimum atomic E-state index is -1.24. The Kier molecular flexibility index (Phi) is 4.92. The predicted molar refractivity (Wildman–Crippen MR) is 41.5 cm³/mol. The molecule has 0 aromatic heterocycles. The molecule has 0 N–H and O–H groups in total. The normalized spacial score (nSPS) is 11.8. The summed E-state index contributed by atoms with van der Waals surface area (Å²) in [6.45, 7) is 3.26. The van der Waals surface area contributed by atoms with Gasteiger partial charge in [0.15, 0.2) is 11.7 Å². The van der Waals surface area contributed by atoms with Gasteiger partial charge in [0.25, 0.3) is 0 Å². The molecule has 0 fully saturated rings. The van der Waals surface area contributed by atoms with Gasteiger partial charge in [-0.05, 0) is 13.3 Å². The van der Waals surface area contributed by atoms with Crippen molar-refractivity contribution >= 4 is 18.0 Å². The molecule has 0 saturated heterocycles. The lowest BCUT2D eigenvalue weighted by Crippen LogP contribution is -2.25. The van der Waals surface area contributed by atoms with E-state index in [-0.39, 0.29) is 6.61 Å². The van der Waals surface area contributed by atoms with E-state index in [4.69, 9.17) is 0 Å². The summed E-state index contributed by atoms with van der Waals surface area (Å²) in [5.41, 5.74) is 0. The molecule has 0 aliphatic rings. The molecule has 0 rings (SSSR count). The lowest BCUT2D eigenvalue weighted by atomic mass is 10.1. The Morgan fingerprint density at radius 1 is 1.50 bits per heavy atom. The third kappa shape index (κ3) is 3.27. The molecule has 0 heterocycles. The maximum absolute atomic E-state index is 10.9. The van der Waals surface area contributed by atoms with Gasteiger partial charge in [-0.15, -0.1) is 0 Å². The molecular formula is C8H12O4. The average Bonchev–Trinajstić information content (AvgIpc) is 2.01. The fourth-order valence-corrected chi connectivity index (χ4v) is 0.610. The maximum Gasteiger partial charge on any atom is 0.323 e. The molecule has 12 heavy (non-hydrogen) atoms. The molecule has 0 saturated carbocycles. The van der Waals surface area contributed by atoms with Crippen LogP contribution in [0.25, 0.3) is 0 Å². The molecule has 4 nitrogen and oxygen atoms in total. The van der Waals surface area contributed by atoms with Gasteiger partial charge in [0, 0.05) is 0 Å². The third-order valence-electron chi connectivity index (χ3n) is 1.28. The van der Waals surface area contributed by atoms with E-state index < -0.39 is 17.7 Å². The minimum absolute atomic E-state index is 0.246. The van der Waals surface area contributed by atoms with E-state index in [2.05, 4.69) is 4.74 Å². The zero-order chi connectivity index (χ0) is 9.56. The SMILES string of the molecule is CCCOC(=O)C(C=O)C(C)=O. The van der Waals surface area contributed by atoms with Crippen LogP contribution in [0.3, 0.4) is 0 Å². The average molecular weight is 172 g/mol. The highest BCUT2D eigenvalue weighted by Gasteiger charge is 2.23. The maximum atomic E-state index is 10.9. The number of esters is 1. The summed E-state index contributed by atoms with van der Waals surface area (Å²) in [4.78, 5) is 31.8. The topological polar surface area (TPSA) is 60.4 Å². The van der Waals surface area contributed by atoms with Crippen LogP contribution in [0.15, 0.2) is 0 Å². The first-order valence-corrected chi connectivity index (χ1v) is 3.75. The quantitative estimate of drug-likeness (QED) is 0.341. The summed E-state index contributed by atoms with van der Waals surface area (Å²) in [6.07, 6.45) is 0.982. The van der Waals surface area contributed by atoms with Crippen LogP contribution in [0.2, 0.25) is 0 Å². The molecule has 1 atom stereocenters. The Balaban J connectivity index is 4.03. The van der Waals surface area contributed by atoms with E-state index in [1.807, 2.05) is 6.92 Å². The highest BCUT2D eigenvalue weighted by atomic mass is 16.5. The number of ketones is 1. The van der Waals surface area contributed by atoms with E-state index in [1.54, 1.807) is 0 Å². The first kappa shape index (κ1) is 10.8. The van der Waals surface area contributed by atoms with Gasteiger partial charge in [0.05, 0.1) is 6.61 Å². The van der Waals surface area contributed by atoms with Crippen molar-refractivity contribution in [2.24, 2.45) is 5.92 Å². The van der Waals surface area contributed by atoms with Crippen molar-refractivity contribution in [3.05, 3.63) is 0 Å². The van der Waals surface area contributed by atoms with Crippen LogP contribution < -0.4 is 0 Å². The first-order chi connectivity index (χ1) is 5.63. The van der Waals surface area contributed by atoms with Gasteiger partial charge in [-0.2, -0.15) is 0 Å². The summed E-state index contributed by atoms with van der Waals surface area (Å²) in [5, 5.41) is 0. The highest BCUT2D eigenvalue weighted by molar-refractivity contribution is 6.09. The van der Waals surface area contributed by atoms with Gasteiger partial charge in [-0.1, -0.05) is 6.92 Å². The predicted octanol–water partition coefficient (Wildman–Crippen LogP) is 0.344. The van der Waals surface area contributed by atoms with E-state index in [1.165, 1.54) is 6.92 Å². The Morgan fingerprint density at radius 3 is 2.42 bits per heavy atom. The van der Waals surface area contributed by atoms with E-state index in [9.17, 15) is 14.4 Å². The summed E-state index contributed by atoms with van der Waals surface area (Å²) >= 11 is 0. The Hall–Kier alpha value is -1.19. The van der Waals surface area contributed by atoms with Crippen molar-refractivity contribution in [2.75, 3.05) is 6.61 Å². The summed E-state index contributed by atoms with van der Waals surface area (Å²) in [7, 11) is 0. The highest BCUT2D eigenvalue weighted by Crippen LogP contribution is 1.98. The Morgan fingerprint density at radius 2 is 2.08 bits per heavy atom. The van der Waals surface area contributed by atoms with E-state index >= 15 is 0 Å². The Labute approximate surface area is 70.9 Å². The van der Waals surface area contributed by atoms with Crippen LogP contribution in [-0.4, -0.2) is 24.6 Å². The van der Waals surface area contributed by atoms with Crippen LogP contribution >= 0.6 is 0 Å². The number of rotatable bonds is 5. The molecule has 0 aromatic rings. The first-order valence-electron chi connectivity index (χ1n) is 3.75. The van der Waals surface area contributed by atoms with Gasteiger partial charge in [0.2, 0.25) is 0 Å². The molecule has 0 amide bonds. The van der Waals surface area contributed by atoms with Crippen molar-refractivity contribution < 1.29 is 19.1 Å². The monoisotopic (exact) mass is 172 g/mol. The van der Waals surface area contributed by atoms with Gasteiger partial charge in [-0.25, -0.2) is 0 Å². The minimum Gasteiger partial charge on any atom is -0.465 e. The summed E-state index contributed by atoms with van der Waals surface area (Å²) < 4.78 is 4.61. The molecule has 0 radical (unpaired) electrons. The fourth-order valence-electron chi connectivity index (χ4n) is 0.610. The second kappa shape index (κ2) is 5.46. The van der Waals surface area contributed by atoms with Crippen LogP contribution in [-0.2, 0) is 19.1 Å². The molecule has 0 bridgehead atoms. The summed E-state index contributed by atoms with van der Waals surface area (Å²) in [5.74, 6) is -2.47. The zero-order valence-electron chi connectivity index (χ0n) is 7.20. The number of ether oxygens (including phenoxy) is 1. The number of aldehydes is 1. The van der Waals surface area contributed by atoms with Gasteiger partial charge < -0.3 is 9.53 Å². The lowest BCUT2D eigenvalue weighted by Gasteiger charge is -2.05. The second-order valence-electron chi connectivity index (χ2n) is 2.39. The van der Waals surface area contributed by atoms with Gasteiger partial charge >= 0.3 is 5.97 Å². The lowest BCUT2D eigenvalue weighted by molar-refractivity contribution is -0.152. The van der Waals surface area contributed by atoms with Crippen molar-refractivity contribution in [3.63, 3.8) is 0 Å². The zero-order valence-corrected chi connectivity index (χ0v) is 7.20. The van der Waals surface area contributed by atoms with E-state index in [0.29, 0.717) is 12.7 Å². The second-order valence-corrected chi connectivity index (χ2v) is 2.39. The van der Waals surface area contributed by atoms with Crippen molar-refractivity contribution in [1.29, 1.82) is 0 Å². The van der Waals surface area contributed by atoms with Crippen LogP contribution in [0.1, 0.15) is 20.3 Å². The van der Waals surface area contributed by atoms with Gasteiger partial charge in [-0.3, -0.25) is 9.59 Å². The standard InChI is InChI=1S/C8H12O4/c1-3-4-12-8(11)7(5-9)6(2)10/h5,7H,3-4H2,1-2H3. The molecule has 4 heteroatoms. The molecule has 68 valence electrons. The molecule has 1 unspecified atom stereocenters. The molecule has 0 aromatic carbocycles. The fraction of sp³-hybridized carbons (Fsp3) is 0.625. The number of carbonyl (C=O) groups is 3. The van der Waals surface area contributed by atoms with Crippen molar-refractivity contribution in [3.8, 4) is 0 Å². The van der Waals surface area contributed by atoms with Gasteiger partial charge in [0.1, 0.15) is 6.29 Å². The number of Topliss-reactive ketones (excluding diaryl/α,β-unsaturated/α-hetero) is 1. The molecular weight excluding hydrogens is 160 g/mol. The van der Waals surface area contributed by atoms with Crippen LogP contribution in [0.4, 0.5) is 0 Å². The molecule has 0 aliphatic heterocycles.